The van der Waals surface area contributed by atoms with Gasteiger partial charge >= 0.3 is 0 Å². The maximum atomic E-state index is 13.5. The van der Waals surface area contributed by atoms with Gasteiger partial charge in [0.05, 0.1) is 23.4 Å². The summed E-state index contributed by atoms with van der Waals surface area (Å²) in [6.07, 6.45) is 4.89. The third kappa shape index (κ3) is 2.73. The molecule has 0 bridgehead atoms. The third-order valence-electron chi connectivity index (χ3n) is 4.63. The van der Waals surface area contributed by atoms with Crippen LogP contribution in [0.3, 0.4) is 0 Å². The number of ether oxygens (including phenoxy) is 1. The summed E-state index contributed by atoms with van der Waals surface area (Å²) in [6, 6.07) is 3.62. The molecule has 3 heterocycles. The maximum Gasteiger partial charge on any atom is 0.266 e. The smallest absolute Gasteiger partial charge is 0.266 e. The molecule has 0 amide bonds. The number of aromatic nitrogens is 2. The zero-order chi connectivity index (χ0) is 16.0. The van der Waals surface area contributed by atoms with E-state index in [0.29, 0.717) is 17.9 Å². The largest absolute Gasteiger partial charge is 0.397 e. The van der Waals surface area contributed by atoms with Crippen molar-refractivity contribution in [1.29, 1.82) is 0 Å². The second-order valence-electron chi connectivity index (χ2n) is 6.43. The Labute approximate surface area is 133 Å². The fourth-order valence-corrected chi connectivity index (χ4v) is 3.39. The average Bonchev–Trinajstić information content (AvgIpc) is 3.10. The van der Waals surface area contributed by atoms with Gasteiger partial charge in [-0.2, -0.15) is 5.10 Å². The SMILES string of the molecule is Nc1cc2cn(C3CCCCO3)nc2cc1N1CCC(F)(F)C1. The summed E-state index contributed by atoms with van der Waals surface area (Å²) >= 11 is 0. The molecule has 1 atom stereocenters. The summed E-state index contributed by atoms with van der Waals surface area (Å²) < 4.78 is 34.5. The van der Waals surface area contributed by atoms with Gasteiger partial charge in [-0.3, -0.25) is 0 Å². The summed E-state index contributed by atoms with van der Waals surface area (Å²) in [5.41, 5.74) is 8.01. The average molecular weight is 322 g/mol. The minimum atomic E-state index is -2.64. The molecule has 2 saturated heterocycles. The van der Waals surface area contributed by atoms with Crippen molar-refractivity contribution in [3.63, 3.8) is 0 Å². The zero-order valence-electron chi connectivity index (χ0n) is 12.8. The van der Waals surface area contributed by atoms with Crippen molar-refractivity contribution in [1.82, 2.24) is 9.78 Å². The molecule has 7 heteroatoms. The molecule has 2 N–H and O–H groups in total. The van der Waals surface area contributed by atoms with E-state index in [4.69, 9.17) is 10.5 Å². The number of halogens is 2. The van der Waals surface area contributed by atoms with Crippen LogP contribution in [0.5, 0.6) is 0 Å². The van der Waals surface area contributed by atoms with Crippen LogP contribution in [-0.2, 0) is 4.74 Å². The van der Waals surface area contributed by atoms with Crippen LogP contribution in [0.4, 0.5) is 20.2 Å². The topological polar surface area (TPSA) is 56.3 Å². The molecule has 0 aliphatic carbocycles. The first-order valence-electron chi connectivity index (χ1n) is 8.05. The number of nitrogens with two attached hydrogens (primary N) is 1. The van der Waals surface area contributed by atoms with Crippen LogP contribution >= 0.6 is 0 Å². The van der Waals surface area contributed by atoms with Gasteiger partial charge in [0.25, 0.3) is 5.92 Å². The van der Waals surface area contributed by atoms with Crippen molar-refractivity contribution in [3.8, 4) is 0 Å². The molecule has 2 aliphatic heterocycles. The van der Waals surface area contributed by atoms with E-state index in [-0.39, 0.29) is 19.2 Å². The van der Waals surface area contributed by atoms with E-state index in [1.165, 1.54) is 0 Å². The normalized spacial score (nSPS) is 24.4. The van der Waals surface area contributed by atoms with Crippen molar-refractivity contribution in [2.24, 2.45) is 0 Å². The Balaban J connectivity index is 1.66. The van der Waals surface area contributed by atoms with Crippen LogP contribution in [0.15, 0.2) is 18.3 Å². The minimum absolute atomic E-state index is 0.0445. The van der Waals surface area contributed by atoms with Crippen molar-refractivity contribution in [2.75, 3.05) is 30.3 Å². The van der Waals surface area contributed by atoms with Gasteiger partial charge < -0.3 is 15.4 Å². The molecule has 4 rings (SSSR count). The number of anilines is 2. The second-order valence-corrected chi connectivity index (χ2v) is 6.43. The quantitative estimate of drug-likeness (QED) is 0.863. The summed E-state index contributed by atoms with van der Waals surface area (Å²) in [4.78, 5) is 1.64. The monoisotopic (exact) mass is 322 g/mol. The molecule has 124 valence electrons. The molecule has 2 aliphatic rings. The number of hydrogen-bond acceptors (Lipinski definition) is 4. The van der Waals surface area contributed by atoms with E-state index in [2.05, 4.69) is 5.10 Å². The second kappa shape index (κ2) is 5.33. The van der Waals surface area contributed by atoms with Gasteiger partial charge in [0.1, 0.15) is 6.23 Å². The summed E-state index contributed by atoms with van der Waals surface area (Å²) in [5.74, 6) is -2.64. The summed E-state index contributed by atoms with van der Waals surface area (Å²) in [7, 11) is 0. The Bertz CT molecular complexity index is 724. The molecule has 1 aromatic heterocycles. The molecular formula is C16H20F2N4O. The highest BCUT2D eigenvalue weighted by atomic mass is 19.3. The van der Waals surface area contributed by atoms with E-state index >= 15 is 0 Å². The Morgan fingerprint density at radius 3 is 2.87 bits per heavy atom. The van der Waals surface area contributed by atoms with Crippen LogP contribution in [0, 0.1) is 0 Å². The van der Waals surface area contributed by atoms with Gasteiger partial charge in [-0.25, -0.2) is 13.5 Å². The Morgan fingerprint density at radius 2 is 2.17 bits per heavy atom. The lowest BCUT2D eigenvalue weighted by Crippen LogP contribution is -2.25. The number of nitrogens with zero attached hydrogens (tertiary/aromatic N) is 3. The van der Waals surface area contributed by atoms with E-state index < -0.39 is 5.92 Å². The first-order valence-corrected chi connectivity index (χ1v) is 8.05. The lowest BCUT2D eigenvalue weighted by molar-refractivity contribution is -0.0390. The van der Waals surface area contributed by atoms with E-state index in [1.807, 2.05) is 23.0 Å². The van der Waals surface area contributed by atoms with Gasteiger partial charge in [-0.1, -0.05) is 0 Å². The predicted octanol–water partition coefficient (Wildman–Crippen LogP) is 3.16. The zero-order valence-corrected chi connectivity index (χ0v) is 12.8. The maximum absolute atomic E-state index is 13.5. The highest BCUT2D eigenvalue weighted by molar-refractivity contribution is 5.89. The van der Waals surface area contributed by atoms with Crippen LogP contribution in [0.1, 0.15) is 31.9 Å². The van der Waals surface area contributed by atoms with E-state index in [0.717, 1.165) is 36.8 Å². The van der Waals surface area contributed by atoms with Crippen molar-refractivity contribution < 1.29 is 13.5 Å². The van der Waals surface area contributed by atoms with Crippen molar-refractivity contribution >= 4 is 22.3 Å². The predicted molar refractivity (Wildman–Crippen MR) is 84.8 cm³/mol. The fourth-order valence-electron chi connectivity index (χ4n) is 3.39. The first kappa shape index (κ1) is 14.7. The van der Waals surface area contributed by atoms with Crippen molar-refractivity contribution in [2.45, 2.75) is 37.8 Å². The Morgan fingerprint density at radius 1 is 1.30 bits per heavy atom. The summed E-state index contributed by atoms with van der Waals surface area (Å²) in [5, 5.41) is 5.48. The standard InChI is InChI=1S/C16H20F2N4O/c17-16(18)4-5-21(10-16)14-8-13-11(7-12(14)19)9-22(20-13)15-3-1-2-6-23-15/h7-9,15H,1-6,10,19H2. The number of alkyl halides is 2. The number of fused-ring (bicyclic) bond motifs is 1. The van der Waals surface area contributed by atoms with Gasteiger partial charge in [0, 0.05) is 31.2 Å². The molecule has 0 radical (unpaired) electrons. The molecule has 5 nitrogen and oxygen atoms in total. The highest BCUT2D eigenvalue weighted by Crippen LogP contribution is 2.36. The highest BCUT2D eigenvalue weighted by Gasteiger charge is 2.38. The number of hydrogen-bond donors (Lipinski definition) is 1. The molecule has 2 aromatic rings. The van der Waals surface area contributed by atoms with Gasteiger partial charge in [0.15, 0.2) is 0 Å². The van der Waals surface area contributed by atoms with Crippen LogP contribution < -0.4 is 10.6 Å². The third-order valence-corrected chi connectivity index (χ3v) is 4.63. The first-order chi connectivity index (χ1) is 11.0. The molecule has 1 unspecified atom stereocenters. The number of benzene rings is 1. The fraction of sp³-hybridized carbons (Fsp3) is 0.562. The lowest BCUT2D eigenvalue weighted by atomic mass is 10.2. The number of rotatable bonds is 2. The van der Waals surface area contributed by atoms with Crippen LogP contribution in [0.2, 0.25) is 0 Å². The molecule has 0 spiro atoms. The molecular weight excluding hydrogens is 302 g/mol. The molecule has 1 aromatic carbocycles. The summed E-state index contributed by atoms with van der Waals surface area (Å²) in [6.45, 7) is 0.779. The number of nitrogen functional groups attached to an aromatic ring is 1. The minimum Gasteiger partial charge on any atom is -0.397 e. The van der Waals surface area contributed by atoms with Crippen LogP contribution in [0.25, 0.3) is 10.9 Å². The Kier molecular flexibility index (Phi) is 3.41. The molecule has 23 heavy (non-hydrogen) atoms. The van der Waals surface area contributed by atoms with Gasteiger partial charge in [-0.05, 0) is 31.4 Å². The lowest BCUT2D eigenvalue weighted by Gasteiger charge is -2.22. The van der Waals surface area contributed by atoms with Crippen LogP contribution in [-0.4, -0.2) is 35.4 Å². The van der Waals surface area contributed by atoms with E-state index in [1.54, 1.807) is 4.90 Å². The molecule has 2 fully saturated rings. The van der Waals surface area contributed by atoms with Gasteiger partial charge in [0.2, 0.25) is 0 Å². The Hall–Kier alpha value is -1.89. The molecule has 0 saturated carbocycles. The van der Waals surface area contributed by atoms with Gasteiger partial charge in [-0.15, -0.1) is 0 Å². The van der Waals surface area contributed by atoms with E-state index in [9.17, 15) is 8.78 Å². The van der Waals surface area contributed by atoms with Crippen molar-refractivity contribution in [3.05, 3.63) is 18.3 Å².